The Kier molecular flexibility index (Phi) is 4.04. The van der Waals surface area contributed by atoms with Gasteiger partial charge in [0, 0.05) is 18.8 Å². The van der Waals surface area contributed by atoms with Gasteiger partial charge >= 0.3 is 5.69 Å². The molecule has 8 heteroatoms. The van der Waals surface area contributed by atoms with Gasteiger partial charge in [-0.1, -0.05) is 6.92 Å². The monoisotopic (exact) mass is 282 g/mol. The second-order valence-corrected chi connectivity index (χ2v) is 4.04. The fraction of sp³-hybridized carbons (Fsp3) is 0.250. The van der Waals surface area contributed by atoms with Gasteiger partial charge in [0.15, 0.2) is 11.5 Å². The van der Waals surface area contributed by atoms with E-state index in [0.29, 0.717) is 24.4 Å². The van der Waals surface area contributed by atoms with Crippen LogP contribution in [0.5, 0.6) is 0 Å². The Labute approximate surface area is 113 Å². The van der Waals surface area contributed by atoms with Gasteiger partial charge in [0.1, 0.15) is 5.82 Å². The Morgan fingerprint density at radius 1 is 1.45 bits per heavy atom. The van der Waals surface area contributed by atoms with Gasteiger partial charge in [-0.3, -0.25) is 10.1 Å². The second-order valence-electron chi connectivity index (χ2n) is 4.04. The molecule has 0 amide bonds. The van der Waals surface area contributed by atoms with Crippen LogP contribution >= 0.6 is 0 Å². The first kappa shape index (κ1) is 14.1. The van der Waals surface area contributed by atoms with E-state index in [1.807, 2.05) is 6.92 Å². The molecule has 0 radical (unpaired) electrons. The lowest BCUT2D eigenvalue weighted by atomic mass is 10.2. The van der Waals surface area contributed by atoms with Crippen molar-refractivity contribution in [3.63, 3.8) is 0 Å². The molecule has 1 heterocycles. The van der Waals surface area contributed by atoms with E-state index in [1.165, 1.54) is 6.20 Å². The van der Waals surface area contributed by atoms with Crippen LogP contribution in [0.3, 0.4) is 0 Å². The number of hydrogen-bond donors (Lipinski definition) is 1. The summed E-state index contributed by atoms with van der Waals surface area (Å²) in [7, 11) is 0. The quantitative estimate of drug-likeness (QED) is 0.673. The van der Waals surface area contributed by atoms with Gasteiger partial charge < -0.3 is 5.32 Å². The topological polar surface area (TPSA) is 73.0 Å². The summed E-state index contributed by atoms with van der Waals surface area (Å²) < 4.78 is 27.9. The minimum atomic E-state index is -1.03. The average molecular weight is 282 g/mol. The average Bonchev–Trinajstić information content (AvgIpc) is 2.83. The van der Waals surface area contributed by atoms with Gasteiger partial charge in [0.05, 0.1) is 16.7 Å². The van der Waals surface area contributed by atoms with Crippen molar-refractivity contribution < 1.29 is 13.7 Å². The highest BCUT2D eigenvalue weighted by Crippen LogP contribution is 2.26. The number of nitro groups is 1. The zero-order valence-corrected chi connectivity index (χ0v) is 10.6. The highest BCUT2D eigenvalue weighted by Gasteiger charge is 2.22. The van der Waals surface area contributed by atoms with Crippen LogP contribution < -0.4 is 5.32 Å². The number of nitro benzene ring substituents is 1. The Morgan fingerprint density at radius 3 is 2.85 bits per heavy atom. The van der Waals surface area contributed by atoms with Crippen molar-refractivity contribution in [3.05, 3.63) is 51.8 Å². The van der Waals surface area contributed by atoms with Crippen LogP contribution in [0.1, 0.15) is 12.6 Å². The molecule has 1 aromatic carbocycles. The molecule has 0 bridgehead atoms. The molecular weight excluding hydrogens is 270 g/mol. The number of halogens is 2. The molecule has 0 fully saturated rings. The number of nitrogens with one attached hydrogen (secondary N) is 1. The standard InChI is InChI=1S/C12H12F2N4O2/c1-2-15-7-9-3-4-17(16-9)12-10(14)5-8(13)6-11(12)18(19)20/h3-6,15H,2,7H2,1H3. The SMILES string of the molecule is CCNCc1ccn(-c2c(F)cc(F)cc2[N+](=O)[O-])n1. The summed E-state index contributed by atoms with van der Waals surface area (Å²) in [5.41, 5.74) is -0.440. The zero-order chi connectivity index (χ0) is 14.7. The Bertz CT molecular complexity index is 642. The molecule has 0 saturated heterocycles. The Morgan fingerprint density at radius 2 is 2.20 bits per heavy atom. The fourth-order valence-electron chi connectivity index (χ4n) is 1.75. The number of rotatable bonds is 5. The van der Waals surface area contributed by atoms with Crippen molar-refractivity contribution in [2.75, 3.05) is 6.54 Å². The van der Waals surface area contributed by atoms with E-state index in [1.54, 1.807) is 6.07 Å². The van der Waals surface area contributed by atoms with Crippen molar-refractivity contribution in [2.24, 2.45) is 0 Å². The van der Waals surface area contributed by atoms with Crippen molar-refractivity contribution >= 4 is 5.69 Å². The summed E-state index contributed by atoms with van der Waals surface area (Å²) in [6, 6.07) is 2.87. The summed E-state index contributed by atoms with van der Waals surface area (Å²) in [6.45, 7) is 3.11. The molecule has 6 nitrogen and oxygen atoms in total. The van der Waals surface area contributed by atoms with E-state index >= 15 is 0 Å². The van der Waals surface area contributed by atoms with Crippen LogP contribution in [0.15, 0.2) is 24.4 Å². The summed E-state index contributed by atoms with van der Waals surface area (Å²) in [4.78, 5) is 10.1. The first-order chi connectivity index (χ1) is 9.52. The van der Waals surface area contributed by atoms with Gasteiger partial charge in [-0.05, 0) is 12.6 Å². The van der Waals surface area contributed by atoms with Crippen molar-refractivity contribution in [1.82, 2.24) is 15.1 Å². The van der Waals surface area contributed by atoms with Gasteiger partial charge in [-0.25, -0.2) is 13.5 Å². The summed E-state index contributed by atoms with van der Waals surface area (Å²) >= 11 is 0. The summed E-state index contributed by atoms with van der Waals surface area (Å²) in [6.07, 6.45) is 1.40. The van der Waals surface area contributed by atoms with E-state index in [4.69, 9.17) is 0 Å². The lowest BCUT2D eigenvalue weighted by Gasteiger charge is -2.05. The number of benzene rings is 1. The van der Waals surface area contributed by atoms with Crippen LogP contribution in [0.2, 0.25) is 0 Å². The highest BCUT2D eigenvalue weighted by atomic mass is 19.1. The molecule has 106 valence electrons. The molecule has 0 unspecified atom stereocenters. The first-order valence-corrected chi connectivity index (χ1v) is 5.92. The van der Waals surface area contributed by atoms with Crippen molar-refractivity contribution in [2.45, 2.75) is 13.5 Å². The molecule has 1 aromatic heterocycles. The van der Waals surface area contributed by atoms with E-state index < -0.39 is 22.2 Å². The smallest absolute Gasteiger partial charge is 0.300 e. The minimum Gasteiger partial charge on any atom is -0.311 e. The van der Waals surface area contributed by atoms with Crippen LogP contribution in [-0.4, -0.2) is 21.2 Å². The number of hydrogen-bond acceptors (Lipinski definition) is 4. The van der Waals surface area contributed by atoms with Crippen LogP contribution in [0.4, 0.5) is 14.5 Å². The molecule has 0 aliphatic rings. The van der Waals surface area contributed by atoms with Crippen molar-refractivity contribution in [1.29, 1.82) is 0 Å². The largest absolute Gasteiger partial charge is 0.311 e. The number of aromatic nitrogens is 2. The lowest BCUT2D eigenvalue weighted by Crippen LogP contribution is -2.12. The Hall–Kier alpha value is -2.35. The van der Waals surface area contributed by atoms with Gasteiger partial charge in [0.25, 0.3) is 0 Å². The molecule has 2 aromatic rings. The molecule has 0 saturated carbocycles. The number of nitrogens with zero attached hydrogens (tertiary/aromatic N) is 3. The van der Waals surface area contributed by atoms with Crippen LogP contribution in [-0.2, 0) is 6.54 Å². The maximum absolute atomic E-state index is 13.8. The summed E-state index contributed by atoms with van der Waals surface area (Å²) in [5, 5.41) is 18.0. The first-order valence-electron chi connectivity index (χ1n) is 5.92. The third kappa shape index (κ3) is 2.80. The molecular formula is C12H12F2N4O2. The van der Waals surface area contributed by atoms with E-state index in [0.717, 1.165) is 11.2 Å². The summed E-state index contributed by atoms with van der Waals surface area (Å²) in [5.74, 6) is -2.03. The molecule has 0 aliphatic carbocycles. The van der Waals surface area contributed by atoms with Crippen LogP contribution in [0.25, 0.3) is 5.69 Å². The predicted octanol–water partition coefficient (Wildman–Crippen LogP) is 2.17. The van der Waals surface area contributed by atoms with E-state index in [-0.39, 0.29) is 5.69 Å². The molecule has 0 atom stereocenters. The van der Waals surface area contributed by atoms with Gasteiger partial charge in [-0.15, -0.1) is 0 Å². The third-order valence-electron chi connectivity index (χ3n) is 2.63. The second kappa shape index (κ2) is 5.74. The van der Waals surface area contributed by atoms with E-state index in [9.17, 15) is 18.9 Å². The Balaban J connectivity index is 2.46. The lowest BCUT2D eigenvalue weighted by molar-refractivity contribution is -0.385. The van der Waals surface area contributed by atoms with Gasteiger partial charge in [0.2, 0.25) is 0 Å². The fourth-order valence-corrected chi connectivity index (χ4v) is 1.75. The predicted molar refractivity (Wildman–Crippen MR) is 67.5 cm³/mol. The normalized spacial score (nSPS) is 10.8. The maximum atomic E-state index is 13.8. The maximum Gasteiger partial charge on any atom is 0.300 e. The molecule has 20 heavy (non-hydrogen) atoms. The zero-order valence-electron chi connectivity index (χ0n) is 10.6. The van der Waals surface area contributed by atoms with Gasteiger partial charge in [-0.2, -0.15) is 5.10 Å². The molecule has 0 spiro atoms. The highest BCUT2D eigenvalue weighted by molar-refractivity contribution is 5.53. The van der Waals surface area contributed by atoms with Crippen LogP contribution in [0, 0.1) is 21.7 Å². The minimum absolute atomic E-state index is 0.376. The molecule has 1 N–H and O–H groups in total. The third-order valence-corrected chi connectivity index (χ3v) is 2.63. The van der Waals surface area contributed by atoms with Crippen molar-refractivity contribution in [3.8, 4) is 5.69 Å². The van der Waals surface area contributed by atoms with E-state index in [2.05, 4.69) is 10.4 Å². The molecule has 0 aliphatic heterocycles. The molecule has 2 rings (SSSR count).